The zero-order valence-electron chi connectivity index (χ0n) is 20.1. The fourth-order valence-electron chi connectivity index (χ4n) is 4.31. The first-order chi connectivity index (χ1) is 17.9. The Morgan fingerprint density at radius 1 is 1.00 bits per heavy atom. The number of anilines is 1. The first-order valence-corrected chi connectivity index (χ1v) is 12.9. The molecule has 2 heterocycles. The van der Waals surface area contributed by atoms with Gasteiger partial charge in [-0.1, -0.05) is 35.1 Å². The Bertz CT molecular complexity index is 1530. The molecule has 1 unspecified atom stereocenters. The summed E-state index contributed by atoms with van der Waals surface area (Å²) >= 11 is 7.41. The lowest BCUT2D eigenvalue weighted by Crippen LogP contribution is -2.29. The SMILES string of the molecule is CCOc1ccc(/C(O)=C2\C(=O)C(=O)N(c3nc4ccc(Cl)cc4s3)C2c2cccc(OCC)c2)cc1. The Kier molecular flexibility index (Phi) is 6.86. The van der Waals surface area contributed by atoms with Gasteiger partial charge in [0.05, 0.1) is 35.0 Å². The number of amides is 1. The quantitative estimate of drug-likeness (QED) is 0.168. The molecular weight excluding hydrogens is 512 g/mol. The zero-order chi connectivity index (χ0) is 26.1. The monoisotopic (exact) mass is 534 g/mol. The highest BCUT2D eigenvalue weighted by atomic mass is 35.5. The molecule has 1 fully saturated rings. The van der Waals surface area contributed by atoms with Crippen LogP contribution in [0.5, 0.6) is 11.5 Å². The minimum absolute atomic E-state index is 0.0277. The van der Waals surface area contributed by atoms with Crippen molar-refractivity contribution in [1.29, 1.82) is 0 Å². The van der Waals surface area contributed by atoms with Crippen molar-refractivity contribution in [2.24, 2.45) is 0 Å². The van der Waals surface area contributed by atoms with Crippen LogP contribution in [0.1, 0.15) is 31.0 Å². The Morgan fingerprint density at radius 2 is 1.73 bits per heavy atom. The second kappa shape index (κ2) is 10.2. The fourth-order valence-corrected chi connectivity index (χ4v) is 5.58. The van der Waals surface area contributed by atoms with Crippen molar-refractivity contribution in [2.45, 2.75) is 19.9 Å². The predicted molar refractivity (Wildman–Crippen MR) is 145 cm³/mol. The number of fused-ring (bicyclic) bond motifs is 1. The van der Waals surface area contributed by atoms with Crippen LogP contribution < -0.4 is 14.4 Å². The van der Waals surface area contributed by atoms with E-state index in [2.05, 4.69) is 4.98 Å². The molecule has 5 rings (SSSR count). The summed E-state index contributed by atoms with van der Waals surface area (Å²) in [5, 5.41) is 12.2. The van der Waals surface area contributed by atoms with Crippen molar-refractivity contribution in [2.75, 3.05) is 18.1 Å². The Morgan fingerprint density at radius 3 is 2.46 bits per heavy atom. The van der Waals surface area contributed by atoms with E-state index in [0.717, 1.165) is 4.70 Å². The molecular formula is C28H23ClN2O5S. The third-order valence-corrected chi connectivity index (χ3v) is 7.17. The largest absolute Gasteiger partial charge is 0.507 e. The number of aliphatic hydroxyl groups excluding tert-OH is 1. The van der Waals surface area contributed by atoms with Crippen molar-refractivity contribution >= 4 is 55.7 Å². The third kappa shape index (κ3) is 4.65. The number of hydrogen-bond donors (Lipinski definition) is 1. The number of Topliss-reactive ketones (excluding diaryl/α,β-unsaturated/α-hetero) is 1. The molecule has 1 aromatic heterocycles. The maximum absolute atomic E-state index is 13.4. The molecule has 0 saturated carbocycles. The van der Waals surface area contributed by atoms with Crippen LogP contribution in [0.3, 0.4) is 0 Å². The predicted octanol–water partition coefficient (Wildman–Crippen LogP) is 6.37. The summed E-state index contributed by atoms with van der Waals surface area (Å²) in [5.41, 5.74) is 1.62. The van der Waals surface area contributed by atoms with E-state index in [0.29, 0.717) is 51.5 Å². The molecule has 3 aromatic carbocycles. The van der Waals surface area contributed by atoms with Gasteiger partial charge >= 0.3 is 5.91 Å². The highest BCUT2D eigenvalue weighted by Gasteiger charge is 2.48. The number of aliphatic hydroxyl groups is 1. The number of carbonyl (C=O) groups is 2. The van der Waals surface area contributed by atoms with Gasteiger partial charge in [0.2, 0.25) is 0 Å². The molecule has 1 N–H and O–H groups in total. The van der Waals surface area contributed by atoms with Crippen molar-refractivity contribution in [1.82, 2.24) is 4.98 Å². The van der Waals surface area contributed by atoms with Gasteiger partial charge in [-0.15, -0.1) is 0 Å². The number of aromatic nitrogens is 1. The Hall–Kier alpha value is -3.88. The van der Waals surface area contributed by atoms with E-state index in [1.165, 1.54) is 16.2 Å². The fraction of sp³-hybridized carbons (Fsp3) is 0.179. The Labute approximate surface area is 222 Å². The second-order valence-corrected chi connectivity index (χ2v) is 9.69. The normalized spacial score (nSPS) is 16.9. The highest BCUT2D eigenvalue weighted by molar-refractivity contribution is 7.22. The molecule has 1 atom stereocenters. The molecule has 1 aliphatic rings. The van der Waals surface area contributed by atoms with Crippen molar-refractivity contribution in [3.63, 3.8) is 0 Å². The van der Waals surface area contributed by atoms with Crippen LogP contribution in [0.4, 0.5) is 5.13 Å². The average molecular weight is 535 g/mol. The maximum Gasteiger partial charge on any atom is 0.301 e. The van der Waals surface area contributed by atoms with Gasteiger partial charge in [0.15, 0.2) is 5.13 Å². The van der Waals surface area contributed by atoms with E-state index in [1.54, 1.807) is 66.7 Å². The van der Waals surface area contributed by atoms with Crippen LogP contribution in [-0.2, 0) is 9.59 Å². The van der Waals surface area contributed by atoms with Crippen molar-refractivity contribution in [3.05, 3.63) is 88.5 Å². The molecule has 7 nitrogen and oxygen atoms in total. The Balaban J connectivity index is 1.69. The summed E-state index contributed by atoms with van der Waals surface area (Å²) in [6, 6.07) is 18.2. The average Bonchev–Trinajstić information content (AvgIpc) is 3.42. The molecule has 1 aliphatic heterocycles. The lowest BCUT2D eigenvalue weighted by atomic mass is 9.95. The molecule has 37 heavy (non-hydrogen) atoms. The van der Waals surface area contributed by atoms with Gasteiger partial charge in [-0.05, 0) is 74.0 Å². The van der Waals surface area contributed by atoms with Gasteiger partial charge in [0, 0.05) is 10.6 Å². The summed E-state index contributed by atoms with van der Waals surface area (Å²) in [6.07, 6.45) is 0. The zero-order valence-corrected chi connectivity index (χ0v) is 21.7. The minimum Gasteiger partial charge on any atom is -0.507 e. The molecule has 188 valence electrons. The van der Waals surface area contributed by atoms with Crippen molar-refractivity contribution < 1.29 is 24.2 Å². The summed E-state index contributed by atoms with van der Waals surface area (Å²) in [7, 11) is 0. The number of rotatable bonds is 7. The van der Waals surface area contributed by atoms with E-state index in [9.17, 15) is 14.7 Å². The van der Waals surface area contributed by atoms with Crippen molar-refractivity contribution in [3.8, 4) is 11.5 Å². The second-order valence-electron chi connectivity index (χ2n) is 8.24. The summed E-state index contributed by atoms with van der Waals surface area (Å²) in [6.45, 7) is 4.70. The van der Waals surface area contributed by atoms with Crippen LogP contribution in [0, 0.1) is 0 Å². The molecule has 1 amide bonds. The molecule has 1 saturated heterocycles. The van der Waals surface area contributed by atoms with Gasteiger partial charge in [-0.2, -0.15) is 0 Å². The third-order valence-electron chi connectivity index (χ3n) is 5.91. The number of nitrogens with zero attached hydrogens (tertiary/aromatic N) is 2. The molecule has 0 bridgehead atoms. The lowest BCUT2D eigenvalue weighted by molar-refractivity contribution is -0.132. The van der Waals surface area contributed by atoms with E-state index in [4.69, 9.17) is 21.1 Å². The molecule has 4 aromatic rings. The maximum atomic E-state index is 13.4. The molecule has 0 spiro atoms. The minimum atomic E-state index is -0.914. The molecule has 9 heteroatoms. The van der Waals surface area contributed by atoms with Crippen LogP contribution in [0.15, 0.2) is 72.3 Å². The van der Waals surface area contributed by atoms with Gasteiger partial charge in [-0.3, -0.25) is 14.5 Å². The first kappa shape index (κ1) is 24.8. The smallest absolute Gasteiger partial charge is 0.301 e. The van der Waals surface area contributed by atoms with Gasteiger partial charge in [0.1, 0.15) is 17.3 Å². The van der Waals surface area contributed by atoms with Crippen LogP contribution in [0.25, 0.3) is 16.0 Å². The lowest BCUT2D eigenvalue weighted by Gasteiger charge is -2.23. The van der Waals surface area contributed by atoms with E-state index < -0.39 is 17.7 Å². The molecule has 0 radical (unpaired) electrons. The number of ether oxygens (including phenoxy) is 2. The number of thiazole rings is 1. The van der Waals surface area contributed by atoms with Gasteiger partial charge in [-0.25, -0.2) is 4.98 Å². The topological polar surface area (TPSA) is 89.0 Å². The molecule has 0 aliphatic carbocycles. The van der Waals surface area contributed by atoms with Crippen LogP contribution >= 0.6 is 22.9 Å². The number of ketones is 1. The standard InChI is InChI=1S/C28H23ClN2O5S/c1-3-35-19-11-8-16(9-12-19)25(32)23-24(17-6-5-7-20(14-17)36-4-2)31(27(34)26(23)33)28-30-21-13-10-18(29)15-22(21)37-28/h5-15,24,32H,3-4H2,1-2H3/b25-23+. The number of benzene rings is 3. The van der Waals surface area contributed by atoms with Crippen LogP contribution in [0.2, 0.25) is 5.02 Å². The summed E-state index contributed by atoms with van der Waals surface area (Å²) < 4.78 is 11.9. The van der Waals surface area contributed by atoms with E-state index in [-0.39, 0.29) is 11.3 Å². The van der Waals surface area contributed by atoms with Crippen LogP contribution in [-0.4, -0.2) is 35.0 Å². The highest BCUT2D eigenvalue weighted by Crippen LogP contribution is 2.45. The number of halogens is 1. The van der Waals surface area contributed by atoms with E-state index in [1.807, 2.05) is 13.8 Å². The number of hydrogen-bond acceptors (Lipinski definition) is 7. The first-order valence-electron chi connectivity index (χ1n) is 11.7. The van der Waals surface area contributed by atoms with Gasteiger partial charge in [0.25, 0.3) is 5.78 Å². The van der Waals surface area contributed by atoms with Gasteiger partial charge < -0.3 is 14.6 Å². The summed E-state index contributed by atoms with van der Waals surface area (Å²) in [4.78, 5) is 32.8. The summed E-state index contributed by atoms with van der Waals surface area (Å²) in [5.74, 6) is -0.629. The number of carbonyl (C=O) groups excluding carboxylic acids is 2. The van der Waals surface area contributed by atoms with E-state index >= 15 is 0 Å².